The summed E-state index contributed by atoms with van der Waals surface area (Å²) in [5.41, 5.74) is 1.13. The van der Waals surface area contributed by atoms with E-state index in [0.29, 0.717) is 25.0 Å². The Labute approximate surface area is 120 Å². The lowest BCUT2D eigenvalue weighted by Gasteiger charge is -2.41. The van der Waals surface area contributed by atoms with Crippen LogP contribution in [0.4, 0.5) is 0 Å². The maximum absolute atomic E-state index is 11.1. The van der Waals surface area contributed by atoms with Gasteiger partial charge in [0.2, 0.25) is 0 Å². The normalized spacial score (nSPS) is 29.1. The van der Waals surface area contributed by atoms with Gasteiger partial charge in [-0.15, -0.1) is 0 Å². The highest BCUT2D eigenvalue weighted by molar-refractivity contribution is 5.66. The van der Waals surface area contributed by atoms with E-state index in [1.54, 1.807) is 0 Å². The molecule has 0 amide bonds. The standard InChI is InChI=1S/C16H24O4/c1-11(17)19-9-14-8-7-13-5-3-4-6-15(13)16(14)10-20-12(2)18/h8,13,15-16H,3-7,9-10H2,1-2H3/t13?,15?,16-/m0/s1. The van der Waals surface area contributed by atoms with Crippen molar-refractivity contribution in [3.05, 3.63) is 11.6 Å². The topological polar surface area (TPSA) is 52.6 Å². The van der Waals surface area contributed by atoms with Crippen LogP contribution < -0.4 is 0 Å². The molecule has 0 heterocycles. The molecule has 0 aliphatic heterocycles. The lowest BCUT2D eigenvalue weighted by Crippen LogP contribution is -2.35. The van der Waals surface area contributed by atoms with Crippen molar-refractivity contribution in [3.63, 3.8) is 0 Å². The molecule has 0 radical (unpaired) electrons. The molecule has 0 saturated heterocycles. The number of hydrogen-bond donors (Lipinski definition) is 0. The third-order valence-corrected chi connectivity index (χ3v) is 4.55. The summed E-state index contributed by atoms with van der Waals surface area (Å²) in [6, 6.07) is 0. The summed E-state index contributed by atoms with van der Waals surface area (Å²) < 4.78 is 10.4. The minimum absolute atomic E-state index is 0.220. The molecule has 0 aromatic rings. The van der Waals surface area contributed by atoms with Crippen LogP contribution in [0.15, 0.2) is 11.6 Å². The molecular formula is C16H24O4. The molecule has 3 atom stereocenters. The Morgan fingerprint density at radius 2 is 1.85 bits per heavy atom. The second-order valence-corrected chi connectivity index (χ2v) is 5.91. The Hall–Kier alpha value is -1.32. The molecule has 2 aliphatic rings. The zero-order valence-electron chi connectivity index (χ0n) is 12.4. The van der Waals surface area contributed by atoms with Crippen molar-refractivity contribution < 1.29 is 19.1 Å². The molecule has 0 N–H and O–H groups in total. The Kier molecular flexibility index (Phi) is 5.21. The van der Waals surface area contributed by atoms with Gasteiger partial charge in [-0.1, -0.05) is 18.9 Å². The quantitative estimate of drug-likeness (QED) is 0.587. The molecule has 2 aliphatic carbocycles. The molecule has 112 valence electrons. The van der Waals surface area contributed by atoms with Gasteiger partial charge >= 0.3 is 11.9 Å². The highest BCUT2D eigenvalue weighted by Crippen LogP contribution is 2.43. The predicted octanol–water partition coefficient (Wildman–Crippen LogP) is 2.87. The summed E-state index contributed by atoms with van der Waals surface area (Å²) in [4.78, 5) is 22.1. The van der Waals surface area contributed by atoms with Gasteiger partial charge in [0.1, 0.15) is 6.61 Å². The van der Waals surface area contributed by atoms with Crippen molar-refractivity contribution in [2.24, 2.45) is 17.8 Å². The smallest absolute Gasteiger partial charge is 0.302 e. The maximum Gasteiger partial charge on any atom is 0.302 e. The lowest BCUT2D eigenvalue weighted by molar-refractivity contribution is -0.144. The summed E-state index contributed by atoms with van der Waals surface area (Å²) >= 11 is 0. The molecule has 0 spiro atoms. The Morgan fingerprint density at radius 3 is 2.55 bits per heavy atom. The van der Waals surface area contributed by atoms with Gasteiger partial charge < -0.3 is 9.47 Å². The highest BCUT2D eigenvalue weighted by Gasteiger charge is 2.37. The largest absolute Gasteiger partial charge is 0.465 e. The van der Waals surface area contributed by atoms with Gasteiger partial charge in [0.15, 0.2) is 0 Å². The first kappa shape index (κ1) is 15.1. The van der Waals surface area contributed by atoms with E-state index in [-0.39, 0.29) is 17.9 Å². The number of esters is 2. The molecule has 2 unspecified atom stereocenters. The van der Waals surface area contributed by atoms with Crippen LogP contribution in [0.3, 0.4) is 0 Å². The van der Waals surface area contributed by atoms with Crippen molar-refractivity contribution in [3.8, 4) is 0 Å². The van der Waals surface area contributed by atoms with Crippen LogP contribution >= 0.6 is 0 Å². The third-order valence-electron chi connectivity index (χ3n) is 4.55. The van der Waals surface area contributed by atoms with Gasteiger partial charge in [-0.2, -0.15) is 0 Å². The van der Waals surface area contributed by atoms with Crippen molar-refractivity contribution in [2.45, 2.75) is 46.0 Å². The van der Waals surface area contributed by atoms with Gasteiger partial charge in [-0.25, -0.2) is 0 Å². The maximum atomic E-state index is 11.1. The zero-order valence-corrected chi connectivity index (χ0v) is 12.4. The average molecular weight is 280 g/mol. The number of allylic oxidation sites excluding steroid dienone is 1. The van der Waals surface area contributed by atoms with Gasteiger partial charge in [-0.05, 0) is 36.7 Å². The van der Waals surface area contributed by atoms with Crippen LogP contribution in [-0.4, -0.2) is 25.2 Å². The first-order valence-electron chi connectivity index (χ1n) is 7.53. The fourth-order valence-electron chi connectivity index (χ4n) is 3.58. The molecule has 0 aromatic heterocycles. The number of rotatable bonds is 4. The molecular weight excluding hydrogens is 256 g/mol. The van der Waals surface area contributed by atoms with Crippen LogP contribution in [0, 0.1) is 17.8 Å². The van der Waals surface area contributed by atoms with Crippen molar-refractivity contribution in [2.75, 3.05) is 13.2 Å². The average Bonchev–Trinajstić information content (AvgIpc) is 2.42. The predicted molar refractivity (Wildman–Crippen MR) is 74.9 cm³/mol. The number of ether oxygens (including phenoxy) is 2. The molecule has 20 heavy (non-hydrogen) atoms. The minimum Gasteiger partial charge on any atom is -0.465 e. The van der Waals surface area contributed by atoms with Gasteiger partial charge in [-0.3, -0.25) is 9.59 Å². The Balaban J connectivity index is 2.07. The summed E-state index contributed by atoms with van der Waals surface area (Å²) in [5.74, 6) is 0.985. The number of carbonyl (C=O) groups is 2. The molecule has 2 rings (SSSR count). The van der Waals surface area contributed by atoms with Crippen LogP contribution in [0.2, 0.25) is 0 Å². The fraction of sp³-hybridized carbons (Fsp3) is 0.750. The van der Waals surface area contributed by atoms with Crippen LogP contribution in [0.5, 0.6) is 0 Å². The molecule has 4 nitrogen and oxygen atoms in total. The molecule has 1 saturated carbocycles. The third kappa shape index (κ3) is 3.84. The Morgan fingerprint density at radius 1 is 1.15 bits per heavy atom. The zero-order chi connectivity index (χ0) is 14.5. The van der Waals surface area contributed by atoms with E-state index >= 15 is 0 Å². The first-order chi connectivity index (χ1) is 9.58. The van der Waals surface area contributed by atoms with Crippen LogP contribution in [0.25, 0.3) is 0 Å². The number of hydrogen-bond acceptors (Lipinski definition) is 4. The van der Waals surface area contributed by atoms with Crippen molar-refractivity contribution in [1.29, 1.82) is 0 Å². The van der Waals surface area contributed by atoms with E-state index in [4.69, 9.17) is 9.47 Å². The number of fused-ring (bicyclic) bond motifs is 1. The van der Waals surface area contributed by atoms with E-state index in [0.717, 1.165) is 12.0 Å². The molecule has 0 aromatic carbocycles. The molecule has 1 fully saturated rings. The molecule has 0 bridgehead atoms. The van der Waals surface area contributed by atoms with E-state index in [2.05, 4.69) is 6.08 Å². The highest BCUT2D eigenvalue weighted by atomic mass is 16.5. The number of carbonyl (C=O) groups excluding carboxylic acids is 2. The Bertz CT molecular complexity index is 399. The summed E-state index contributed by atoms with van der Waals surface area (Å²) in [6.07, 6.45) is 8.27. The van der Waals surface area contributed by atoms with Gasteiger partial charge in [0, 0.05) is 19.8 Å². The SMILES string of the molecule is CC(=O)OCC1=CCC2CCCCC2[C@H]1COC(C)=O. The second-order valence-electron chi connectivity index (χ2n) is 5.91. The van der Waals surface area contributed by atoms with Crippen LogP contribution in [-0.2, 0) is 19.1 Å². The van der Waals surface area contributed by atoms with E-state index in [1.165, 1.54) is 39.5 Å². The minimum atomic E-state index is -0.261. The summed E-state index contributed by atoms with van der Waals surface area (Å²) in [5, 5.41) is 0. The van der Waals surface area contributed by atoms with Gasteiger partial charge in [0.25, 0.3) is 0 Å². The second kappa shape index (κ2) is 6.91. The van der Waals surface area contributed by atoms with Crippen molar-refractivity contribution >= 4 is 11.9 Å². The fourth-order valence-corrected chi connectivity index (χ4v) is 3.58. The van der Waals surface area contributed by atoms with E-state index in [1.807, 2.05) is 0 Å². The first-order valence-corrected chi connectivity index (χ1v) is 7.53. The van der Waals surface area contributed by atoms with Crippen molar-refractivity contribution in [1.82, 2.24) is 0 Å². The van der Waals surface area contributed by atoms with E-state index in [9.17, 15) is 9.59 Å². The summed E-state index contributed by atoms with van der Waals surface area (Å²) in [7, 11) is 0. The van der Waals surface area contributed by atoms with Crippen LogP contribution in [0.1, 0.15) is 46.0 Å². The van der Waals surface area contributed by atoms with E-state index < -0.39 is 0 Å². The molecule has 4 heteroatoms. The lowest BCUT2D eigenvalue weighted by atomic mass is 9.66. The summed E-state index contributed by atoms with van der Waals surface area (Å²) in [6.45, 7) is 3.62. The van der Waals surface area contributed by atoms with Gasteiger partial charge in [0.05, 0.1) is 6.61 Å². The monoisotopic (exact) mass is 280 g/mol.